The minimum atomic E-state index is -0.289. The van der Waals surface area contributed by atoms with Gasteiger partial charge in [-0.05, 0) is 20.3 Å². The molecule has 146 valence electrons. The predicted octanol–water partition coefficient (Wildman–Crippen LogP) is 1.33. The third kappa shape index (κ3) is 3.02. The number of hydrogen-bond acceptors (Lipinski definition) is 7. The molecule has 0 aliphatic carbocycles. The Morgan fingerprint density at radius 2 is 2.15 bits per heavy atom. The fourth-order valence-corrected chi connectivity index (χ4v) is 5.08. The van der Waals surface area contributed by atoms with Gasteiger partial charge in [0.2, 0.25) is 5.13 Å². The average molecular weight is 391 g/mol. The number of carbonyl (C=O) groups excluding carboxylic acids is 1. The second kappa shape index (κ2) is 6.87. The van der Waals surface area contributed by atoms with E-state index in [0.29, 0.717) is 25.2 Å². The zero-order chi connectivity index (χ0) is 19.2. The standard InChI is InChI=1S/C18H26N6O2S/c1-4-5-24-12(2)15(6-19-24)16(26)22-7-14-8-23(10-18(14,9-22)11-25)17-21-20-13(3)27-17/h6,14,25H,4-5,7-11H2,1-3H3/t14-,18+/m1/s1. The van der Waals surface area contributed by atoms with E-state index < -0.39 is 0 Å². The van der Waals surface area contributed by atoms with Crippen LogP contribution in [0.15, 0.2) is 6.20 Å². The van der Waals surface area contributed by atoms with Gasteiger partial charge in [0.15, 0.2) is 0 Å². The molecule has 0 spiro atoms. The number of aromatic nitrogens is 4. The van der Waals surface area contributed by atoms with Gasteiger partial charge in [0, 0.05) is 49.8 Å². The van der Waals surface area contributed by atoms with Crippen LogP contribution in [0.1, 0.15) is 34.4 Å². The highest BCUT2D eigenvalue weighted by Gasteiger charge is 2.54. The highest BCUT2D eigenvalue weighted by molar-refractivity contribution is 7.15. The van der Waals surface area contributed by atoms with Crippen LogP contribution in [-0.4, -0.2) is 68.7 Å². The number of likely N-dealkylation sites (tertiary alicyclic amines) is 1. The highest BCUT2D eigenvalue weighted by atomic mass is 32.1. The first kappa shape index (κ1) is 18.4. The molecule has 2 fully saturated rings. The molecule has 2 aromatic heterocycles. The maximum Gasteiger partial charge on any atom is 0.257 e. The van der Waals surface area contributed by atoms with Crippen LogP contribution in [-0.2, 0) is 6.54 Å². The number of amides is 1. The number of nitrogens with zero attached hydrogens (tertiary/aromatic N) is 6. The second-order valence-corrected chi connectivity index (χ2v) is 8.91. The van der Waals surface area contributed by atoms with Gasteiger partial charge < -0.3 is 14.9 Å². The van der Waals surface area contributed by atoms with Crippen molar-refractivity contribution < 1.29 is 9.90 Å². The molecule has 8 nitrogen and oxygen atoms in total. The molecule has 4 rings (SSSR count). The van der Waals surface area contributed by atoms with Crippen LogP contribution in [0.2, 0.25) is 0 Å². The Labute approximate surface area is 162 Å². The SMILES string of the molecule is CCCn1ncc(C(=O)N2C[C@@H]3CN(c4nnc(C)s4)C[C@]3(CO)C2)c1C. The van der Waals surface area contributed by atoms with Gasteiger partial charge in [0.1, 0.15) is 5.01 Å². The minimum absolute atomic E-state index is 0.0235. The highest BCUT2D eigenvalue weighted by Crippen LogP contribution is 2.44. The van der Waals surface area contributed by atoms with E-state index in [4.69, 9.17) is 0 Å². The summed E-state index contributed by atoms with van der Waals surface area (Å²) in [5.74, 6) is 0.261. The normalized spacial score (nSPS) is 24.7. The molecule has 0 bridgehead atoms. The van der Waals surface area contributed by atoms with Crippen molar-refractivity contribution in [2.45, 2.75) is 33.7 Å². The van der Waals surface area contributed by atoms with Crippen LogP contribution >= 0.6 is 11.3 Å². The Morgan fingerprint density at radius 3 is 2.78 bits per heavy atom. The number of aliphatic hydroxyl groups is 1. The largest absolute Gasteiger partial charge is 0.396 e. The van der Waals surface area contributed by atoms with E-state index in [2.05, 4.69) is 27.1 Å². The number of aliphatic hydroxyl groups excluding tert-OH is 1. The van der Waals surface area contributed by atoms with E-state index >= 15 is 0 Å². The van der Waals surface area contributed by atoms with Crippen molar-refractivity contribution in [3.63, 3.8) is 0 Å². The first-order valence-electron chi connectivity index (χ1n) is 9.45. The van der Waals surface area contributed by atoms with Gasteiger partial charge in [-0.25, -0.2) is 0 Å². The number of rotatable bonds is 5. The first-order chi connectivity index (χ1) is 13.0. The van der Waals surface area contributed by atoms with Gasteiger partial charge in [-0.2, -0.15) is 5.10 Å². The fraction of sp³-hybridized carbons (Fsp3) is 0.667. The predicted molar refractivity (Wildman–Crippen MR) is 103 cm³/mol. The minimum Gasteiger partial charge on any atom is -0.396 e. The summed E-state index contributed by atoms with van der Waals surface area (Å²) < 4.78 is 1.89. The lowest BCUT2D eigenvalue weighted by Gasteiger charge is -2.27. The van der Waals surface area contributed by atoms with Crippen molar-refractivity contribution in [2.75, 3.05) is 37.7 Å². The molecule has 0 saturated carbocycles. The number of anilines is 1. The maximum absolute atomic E-state index is 13.1. The first-order valence-corrected chi connectivity index (χ1v) is 10.3. The van der Waals surface area contributed by atoms with Gasteiger partial charge in [0.05, 0.1) is 18.4 Å². The number of hydrogen-bond donors (Lipinski definition) is 1. The summed E-state index contributed by atoms with van der Waals surface area (Å²) >= 11 is 1.58. The van der Waals surface area contributed by atoms with E-state index in [1.54, 1.807) is 17.5 Å². The lowest BCUT2D eigenvalue weighted by molar-refractivity contribution is 0.0747. The molecule has 2 saturated heterocycles. The summed E-state index contributed by atoms with van der Waals surface area (Å²) in [6.45, 7) is 9.62. The zero-order valence-electron chi connectivity index (χ0n) is 16.1. The van der Waals surface area contributed by atoms with E-state index in [1.807, 2.05) is 23.4 Å². The Balaban J connectivity index is 1.50. The molecule has 1 N–H and O–H groups in total. The molecule has 2 aliphatic rings. The summed E-state index contributed by atoms with van der Waals surface area (Å²) in [7, 11) is 0. The number of carbonyl (C=O) groups is 1. The van der Waals surface area contributed by atoms with Crippen molar-refractivity contribution >= 4 is 22.4 Å². The van der Waals surface area contributed by atoms with E-state index in [-0.39, 0.29) is 23.8 Å². The molecule has 0 unspecified atom stereocenters. The summed E-state index contributed by atoms with van der Waals surface area (Å²) in [4.78, 5) is 17.2. The lowest BCUT2D eigenvalue weighted by Crippen LogP contribution is -2.39. The molecule has 0 aromatic carbocycles. The summed E-state index contributed by atoms with van der Waals surface area (Å²) in [5, 5.41) is 24.7. The van der Waals surface area contributed by atoms with Gasteiger partial charge >= 0.3 is 0 Å². The zero-order valence-corrected chi connectivity index (χ0v) is 16.9. The Hall–Kier alpha value is -2.00. The third-order valence-electron chi connectivity index (χ3n) is 5.92. The van der Waals surface area contributed by atoms with Crippen LogP contribution in [0.25, 0.3) is 0 Å². The summed E-state index contributed by atoms with van der Waals surface area (Å²) in [5.41, 5.74) is 1.30. The topological polar surface area (TPSA) is 87.4 Å². The van der Waals surface area contributed by atoms with Crippen LogP contribution in [0, 0.1) is 25.2 Å². The molecule has 2 atom stereocenters. The summed E-state index contributed by atoms with van der Waals surface area (Å²) in [6, 6.07) is 0. The van der Waals surface area contributed by atoms with Gasteiger partial charge in [-0.1, -0.05) is 18.3 Å². The fourth-order valence-electron chi connectivity index (χ4n) is 4.38. The molecular formula is C18H26N6O2S. The third-order valence-corrected chi connectivity index (χ3v) is 6.82. The van der Waals surface area contributed by atoms with Crippen molar-refractivity contribution in [1.29, 1.82) is 0 Å². The van der Waals surface area contributed by atoms with Crippen molar-refractivity contribution in [2.24, 2.45) is 11.3 Å². The molecule has 4 heterocycles. The molecular weight excluding hydrogens is 364 g/mol. The van der Waals surface area contributed by atoms with E-state index in [9.17, 15) is 9.90 Å². The van der Waals surface area contributed by atoms with Crippen molar-refractivity contribution in [3.8, 4) is 0 Å². The second-order valence-electron chi connectivity index (χ2n) is 7.75. The van der Waals surface area contributed by atoms with Crippen LogP contribution in [0.4, 0.5) is 5.13 Å². The van der Waals surface area contributed by atoms with Crippen LogP contribution < -0.4 is 4.90 Å². The van der Waals surface area contributed by atoms with Crippen molar-refractivity contribution in [3.05, 3.63) is 22.5 Å². The van der Waals surface area contributed by atoms with Crippen molar-refractivity contribution in [1.82, 2.24) is 24.9 Å². The monoisotopic (exact) mass is 390 g/mol. The molecule has 9 heteroatoms. The smallest absolute Gasteiger partial charge is 0.257 e. The van der Waals surface area contributed by atoms with E-state index in [1.165, 1.54) is 0 Å². The number of fused-ring (bicyclic) bond motifs is 1. The quantitative estimate of drug-likeness (QED) is 0.829. The van der Waals surface area contributed by atoms with Gasteiger partial charge in [-0.15, -0.1) is 10.2 Å². The Bertz CT molecular complexity index is 849. The average Bonchev–Trinajstić information content (AvgIpc) is 3.38. The van der Waals surface area contributed by atoms with Gasteiger partial charge in [-0.3, -0.25) is 9.48 Å². The van der Waals surface area contributed by atoms with Crippen LogP contribution in [0.5, 0.6) is 0 Å². The molecule has 2 aliphatic heterocycles. The number of aryl methyl sites for hydroxylation is 2. The molecule has 2 aromatic rings. The van der Waals surface area contributed by atoms with Crippen LogP contribution in [0.3, 0.4) is 0 Å². The lowest BCUT2D eigenvalue weighted by atomic mass is 9.82. The van der Waals surface area contributed by atoms with E-state index in [0.717, 1.165) is 35.3 Å². The van der Waals surface area contributed by atoms with Gasteiger partial charge in [0.25, 0.3) is 5.91 Å². The summed E-state index contributed by atoms with van der Waals surface area (Å²) in [6.07, 6.45) is 2.67. The Kier molecular flexibility index (Phi) is 4.67. The Morgan fingerprint density at radius 1 is 1.33 bits per heavy atom. The maximum atomic E-state index is 13.1. The molecule has 1 amide bonds. The molecule has 27 heavy (non-hydrogen) atoms. The molecule has 0 radical (unpaired) electrons.